The van der Waals surface area contributed by atoms with Gasteiger partial charge in [0, 0.05) is 40.1 Å². The summed E-state index contributed by atoms with van der Waals surface area (Å²) in [5, 5.41) is 2.57. The van der Waals surface area contributed by atoms with Crippen molar-refractivity contribution in [3.63, 3.8) is 0 Å². The van der Waals surface area contributed by atoms with E-state index in [2.05, 4.69) is 5.32 Å². The minimum atomic E-state index is -4.61. The Balaban J connectivity index is 2.82. The fourth-order valence-electron chi connectivity index (χ4n) is 1.67. The van der Waals surface area contributed by atoms with E-state index in [4.69, 9.17) is 5.73 Å². The van der Waals surface area contributed by atoms with Gasteiger partial charge < -0.3 is 11.1 Å². The third-order valence-corrected chi connectivity index (χ3v) is 3.65. The molecular formula is C13H17F3N2O2S. The fourth-order valence-corrected chi connectivity index (χ4v) is 2.35. The summed E-state index contributed by atoms with van der Waals surface area (Å²) in [5.74, 6) is -0.202. The maximum atomic E-state index is 12.7. The van der Waals surface area contributed by atoms with Crippen LogP contribution in [0.4, 0.5) is 18.9 Å². The van der Waals surface area contributed by atoms with E-state index in [1.807, 2.05) is 0 Å². The van der Waals surface area contributed by atoms with Crippen molar-refractivity contribution in [1.82, 2.24) is 5.32 Å². The molecule has 0 aliphatic heterocycles. The Hall–Kier alpha value is -1.57. The zero-order valence-corrected chi connectivity index (χ0v) is 12.5. The van der Waals surface area contributed by atoms with E-state index < -0.39 is 34.1 Å². The Morgan fingerprint density at radius 1 is 1.43 bits per heavy atom. The van der Waals surface area contributed by atoms with Crippen molar-refractivity contribution >= 4 is 22.4 Å². The molecule has 4 nitrogen and oxygen atoms in total. The molecule has 0 aliphatic carbocycles. The van der Waals surface area contributed by atoms with Gasteiger partial charge in [0.05, 0.1) is 5.56 Å². The van der Waals surface area contributed by atoms with Gasteiger partial charge in [-0.1, -0.05) is 0 Å². The molecule has 0 saturated heterocycles. The quantitative estimate of drug-likeness (QED) is 0.816. The fraction of sp³-hybridized carbons (Fsp3) is 0.462. The van der Waals surface area contributed by atoms with Crippen molar-refractivity contribution in [1.29, 1.82) is 0 Å². The van der Waals surface area contributed by atoms with Crippen molar-refractivity contribution in [2.45, 2.75) is 25.6 Å². The molecule has 0 fully saturated rings. The van der Waals surface area contributed by atoms with Gasteiger partial charge in [-0.25, -0.2) is 0 Å². The van der Waals surface area contributed by atoms with Gasteiger partial charge in [-0.15, -0.1) is 0 Å². The second-order valence-corrected chi connectivity index (χ2v) is 6.29. The number of amides is 1. The summed E-state index contributed by atoms with van der Waals surface area (Å²) in [5.41, 5.74) is 3.71. The maximum absolute atomic E-state index is 12.7. The number of rotatable bonds is 5. The molecule has 8 heteroatoms. The van der Waals surface area contributed by atoms with Crippen LogP contribution in [0.5, 0.6) is 0 Å². The molecule has 2 atom stereocenters. The Morgan fingerprint density at radius 2 is 2.05 bits per heavy atom. The van der Waals surface area contributed by atoms with Crippen molar-refractivity contribution < 1.29 is 22.2 Å². The molecule has 2 unspecified atom stereocenters. The third kappa shape index (κ3) is 5.37. The van der Waals surface area contributed by atoms with Crippen LogP contribution in [0.3, 0.4) is 0 Å². The van der Waals surface area contributed by atoms with Crippen LogP contribution >= 0.6 is 0 Å². The van der Waals surface area contributed by atoms with Crippen LogP contribution in [-0.2, 0) is 17.0 Å². The lowest BCUT2D eigenvalue weighted by Gasteiger charge is -2.15. The summed E-state index contributed by atoms with van der Waals surface area (Å²) in [6.07, 6.45) is -2.58. The minimum Gasteiger partial charge on any atom is -0.398 e. The lowest BCUT2D eigenvalue weighted by Crippen LogP contribution is -2.33. The van der Waals surface area contributed by atoms with E-state index in [0.717, 1.165) is 12.1 Å². The van der Waals surface area contributed by atoms with Crippen LogP contribution in [0.1, 0.15) is 29.3 Å². The number of nitrogen functional groups attached to an aromatic ring is 1. The van der Waals surface area contributed by atoms with Crippen molar-refractivity contribution in [3.05, 3.63) is 29.3 Å². The van der Waals surface area contributed by atoms with Crippen LogP contribution < -0.4 is 11.1 Å². The molecule has 0 aliphatic rings. The van der Waals surface area contributed by atoms with Crippen LogP contribution in [0.2, 0.25) is 0 Å². The molecule has 0 aromatic heterocycles. The highest BCUT2D eigenvalue weighted by molar-refractivity contribution is 7.84. The van der Waals surface area contributed by atoms with Crippen LogP contribution in [0.15, 0.2) is 18.2 Å². The molecule has 118 valence electrons. The normalized spacial score (nSPS) is 14.5. The summed E-state index contributed by atoms with van der Waals surface area (Å²) in [6.45, 7) is 1.70. The van der Waals surface area contributed by atoms with Gasteiger partial charge in [0.25, 0.3) is 5.91 Å². The molecule has 3 N–H and O–H groups in total. The SMILES string of the molecule is CC(CCS(C)=O)NC(=O)c1ccc(N)c(C(F)(F)F)c1. The van der Waals surface area contributed by atoms with Gasteiger partial charge in [-0.3, -0.25) is 9.00 Å². The van der Waals surface area contributed by atoms with Crippen molar-refractivity contribution in [3.8, 4) is 0 Å². The number of hydrogen-bond acceptors (Lipinski definition) is 3. The first-order valence-corrected chi connectivity index (χ1v) is 7.91. The molecule has 0 heterocycles. The number of nitrogens with two attached hydrogens (primary N) is 1. The zero-order valence-electron chi connectivity index (χ0n) is 11.7. The Morgan fingerprint density at radius 3 is 2.57 bits per heavy atom. The summed E-state index contributed by atoms with van der Waals surface area (Å²) in [7, 11) is -0.981. The first kappa shape index (κ1) is 17.5. The summed E-state index contributed by atoms with van der Waals surface area (Å²) in [4.78, 5) is 11.9. The molecule has 0 saturated carbocycles. The monoisotopic (exact) mass is 322 g/mol. The largest absolute Gasteiger partial charge is 0.418 e. The predicted molar refractivity (Wildman–Crippen MR) is 76.3 cm³/mol. The number of hydrogen-bond donors (Lipinski definition) is 2. The zero-order chi connectivity index (χ0) is 16.2. The summed E-state index contributed by atoms with van der Waals surface area (Å²) in [6, 6.07) is 2.75. The molecule has 1 aromatic rings. The smallest absolute Gasteiger partial charge is 0.398 e. The van der Waals surface area contributed by atoms with Gasteiger partial charge in [-0.05, 0) is 31.5 Å². The highest BCUT2D eigenvalue weighted by atomic mass is 32.2. The average Bonchev–Trinajstić information content (AvgIpc) is 2.35. The molecule has 1 aromatic carbocycles. The van der Waals surface area contributed by atoms with E-state index in [1.54, 1.807) is 13.2 Å². The molecule has 1 amide bonds. The van der Waals surface area contributed by atoms with E-state index >= 15 is 0 Å². The topological polar surface area (TPSA) is 72.2 Å². The predicted octanol–water partition coefficient (Wildman–Crippen LogP) is 2.17. The van der Waals surface area contributed by atoms with Crippen molar-refractivity contribution in [2.75, 3.05) is 17.7 Å². The van der Waals surface area contributed by atoms with E-state index in [9.17, 15) is 22.2 Å². The summed E-state index contributed by atoms with van der Waals surface area (Å²) >= 11 is 0. The van der Waals surface area contributed by atoms with Crippen LogP contribution in [0.25, 0.3) is 0 Å². The van der Waals surface area contributed by atoms with E-state index in [-0.39, 0.29) is 11.6 Å². The third-order valence-electron chi connectivity index (χ3n) is 2.84. The lowest BCUT2D eigenvalue weighted by atomic mass is 10.1. The number of nitrogens with one attached hydrogen (secondary N) is 1. The van der Waals surface area contributed by atoms with E-state index in [0.29, 0.717) is 12.2 Å². The second kappa shape index (κ2) is 6.93. The van der Waals surface area contributed by atoms with Gasteiger partial charge in [0.1, 0.15) is 0 Å². The first-order valence-electron chi connectivity index (χ1n) is 6.19. The van der Waals surface area contributed by atoms with Crippen molar-refractivity contribution in [2.24, 2.45) is 0 Å². The summed E-state index contributed by atoms with van der Waals surface area (Å²) < 4.78 is 49.1. The molecule has 1 rings (SSSR count). The molecule has 21 heavy (non-hydrogen) atoms. The number of carbonyl (C=O) groups is 1. The number of anilines is 1. The Labute approximate surface area is 123 Å². The standard InChI is InChI=1S/C13H17F3N2O2S/c1-8(5-6-21(2)20)18-12(19)9-3-4-11(17)10(7-9)13(14,15)16/h3-4,7-8H,5-6,17H2,1-2H3,(H,18,19). The van der Waals surface area contributed by atoms with Gasteiger partial charge in [0.15, 0.2) is 0 Å². The molecule has 0 bridgehead atoms. The van der Waals surface area contributed by atoms with Crippen LogP contribution in [-0.4, -0.2) is 28.2 Å². The number of benzene rings is 1. The second-order valence-electron chi connectivity index (χ2n) is 4.74. The number of alkyl halides is 3. The molecule has 0 radical (unpaired) electrons. The lowest BCUT2D eigenvalue weighted by molar-refractivity contribution is -0.136. The number of halogens is 3. The maximum Gasteiger partial charge on any atom is 0.418 e. The van der Waals surface area contributed by atoms with Gasteiger partial charge >= 0.3 is 6.18 Å². The first-order chi connectivity index (χ1) is 9.61. The Kier molecular flexibility index (Phi) is 5.77. The molecule has 0 spiro atoms. The highest BCUT2D eigenvalue weighted by Gasteiger charge is 2.33. The van der Waals surface area contributed by atoms with Gasteiger partial charge in [0.2, 0.25) is 0 Å². The van der Waals surface area contributed by atoms with Gasteiger partial charge in [-0.2, -0.15) is 13.2 Å². The molecular weight excluding hydrogens is 305 g/mol. The van der Waals surface area contributed by atoms with Crippen LogP contribution in [0, 0.1) is 0 Å². The number of carbonyl (C=O) groups excluding carboxylic acids is 1. The highest BCUT2D eigenvalue weighted by Crippen LogP contribution is 2.33. The Bertz CT molecular complexity index is 547. The minimum absolute atomic E-state index is 0.110. The van der Waals surface area contributed by atoms with E-state index in [1.165, 1.54) is 6.07 Å². The average molecular weight is 322 g/mol.